The van der Waals surface area contributed by atoms with E-state index in [0.717, 1.165) is 36.5 Å². The minimum Gasteiger partial charge on any atom is -0.328 e. The molecular formula is C19H22N4O2S2. The Morgan fingerprint density at radius 1 is 1.19 bits per heavy atom. The van der Waals surface area contributed by atoms with E-state index in [1.165, 1.54) is 11.3 Å². The van der Waals surface area contributed by atoms with Crippen LogP contribution in [0.5, 0.6) is 0 Å². The predicted molar refractivity (Wildman–Crippen MR) is 106 cm³/mol. The molecular weight excluding hydrogens is 380 g/mol. The molecule has 1 saturated heterocycles. The molecule has 0 atom stereocenters. The minimum absolute atomic E-state index is 0.433. The number of rotatable bonds is 5. The molecule has 4 rings (SSSR count). The second kappa shape index (κ2) is 7.53. The van der Waals surface area contributed by atoms with E-state index in [9.17, 15) is 8.42 Å². The summed E-state index contributed by atoms with van der Waals surface area (Å²) < 4.78 is 29.6. The first kappa shape index (κ1) is 18.3. The molecule has 3 aromatic heterocycles. The smallest absolute Gasteiger partial charge is 0.252 e. The quantitative estimate of drug-likeness (QED) is 0.656. The molecule has 27 heavy (non-hydrogen) atoms. The monoisotopic (exact) mass is 402 g/mol. The van der Waals surface area contributed by atoms with E-state index in [-0.39, 0.29) is 0 Å². The topological polar surface area (TPSA) is 68.1 Å². The lowest BCUT2D eigenvalue weighted by Crippen LogP contribution is -2.39. The summed E-state index contributed by atoms with van der Waals surface area (Å²) >= 11 is 1.28. The molecule has 1 fully saturated rings. The summed E-state index contributed by atoms with van der Waals surface area (Å²) in [5, 5.41) is 1.81. The number of pyridine rings is 1. The van der Waals surface area contributed by atoms with Gasteiger partial charge in [-0.25, -0.2) is 13.4 Å². The summed E-state index contributed by atoms with van der Waals surface area (Å²) in [4.78, 5) is 8.75. The van der Waals surface area contributed by atoms with Crippen LogP contribution >= 0.6 is 11.3 Å². The standard InChI is InChI=1S/C19H22N4O2S2/c1-15-12-21-19(17-4-2-8-20-13-17)23(15)14-16-6-9-22(10-7-16)27(24,25)18-5-3-11-26-18/h2-5,8,11-13,16H,6-7,9-10,14H2,1H3. The highest BCUT2D eigenvalue weighted by atomic mass is 32.2. The van der Waals surface area contributed by atoms with E-state index in [1.807, 2.05) is 24.5 Å². The van der Waals surface area contributed by atoms with Crippen LogP contribution in [0.4, 0.5) is 0 Å². The van der Waals surface area contributed by atoms with Gasteiger partial charge in [0.2, 0.25) is 0 Å². The van der Waals surface area contributed by atoms with Crippen molar-refractivity contribution in [3.63, 3.8) is 0 Å². The average molecular weight is 403 g/mol. The van der Waals surface area contributed by atoms with Gasteiger partial charge in [0.05, 0.1) is 0 Å². The summed E-state index contributed by atoms with van der Waals surface area (Å²) in [5.74, 6) is 1.36. The molecule has 142 valence electrons. The molecule has 0 unspecified atom stereocenters. The van der Waals surface area contributed by atoms with Crippen LogP contribution in [0.25, 0.3) is 11.4 Å². The molecule has 0 bridgehead atoms. The maximum Gasteiger partial charge on any atom is 0.252 e. The molecule has 1 aliphatic heterocycles. The normalized spacial score (nSPS) is 16.6. The predicted octanol–water partition coefficient (Wildman–Crippen LogP) is 3.42. The van der Waals surface area contributed by atoms with Crippen molar-refractivity contribution in [3.8, 4) is 11.4 Å². The molecule has 0 aromatic carbocycles. The number of piperidine rings is 1. The van der Waals surface area contributed by atoms with Gasteiger partial charge in [-0.05, 0) is 49.3 Å². The number of aryl methyl sites for hydroxylation is 1. The lowest BCUT2D eigenvalue weighted by atomic mass is 9.98. The van der Waals surface area contributed by atoms with E-state index in [4.69, 9.17) is 0 Å². The number of sulfonamides is 1. The van der Waals surface area contributed by atoms with Crippen LogP contribution in [-0.2, 0) is 16.6 Å². The van der Waals surface area contributed by atoms with Crippen LogP contribution in [-0.4, -0.2) is 40.3 Å². The third kappa shape index (κ3) is 3.69. The Balaban J connectivity index is 1.46. The number of aromatic nitrogens is 3. The molecule has 6 nitrogen and oxygen atoms in total. The molecule has 3 aromatic rings. The highest BCUT2D eigenvalue weighted by molar-refractivity contribution is 7.91. The average Bonchev–Trinajstić information content (AvgIpc) is 3.34. The molecule has 0 amide bonds. The Morgan fingerprint density at radius 3 is 2.67 bits per heavy atom. The summed E-state index contributed by atoms with van der Waals surface area (Å²) in [7, 11) is -3.34. The second-order valence-corrected chi connectivity index (χ2v) is 9.97. The molecule has 1 aliphatic rings. The highest BCUT2D eigenvalue weighted by Crippen LogP contribution is 2.28. The second-order valence-electron chi connectivity index (χ2n) is 6.86. The molecule has 0 radical (unpaired) electrons. The fraction of sp³-hybridized carbons (Fsp3) is 0.368. The van der Waals surface area contributed by atoms with Crippen LogP contribution in [0.2, 0.25) is 0 Å². The number of hydrogen-bond acceptors (Lipinski definition) is 5. The van der Waals surface area contributed by atoms with Crippen molar-refractivity contribution in [1.29, 1.82) is 0 Å². The van der Waals surface area contributed by atoms with Gasteiger partial charge >= 0.3 is 0 Å². The summed E-state index contributed by atoms with van der Waals surface area (Å²) in [6.45, 7) is 4.05. The number of imidazole rings is 1. The van der Waals surface area contributed by atoms with Crippen molar-refractivity contribution in [2.24, 2.45) is 5.92 Å². The largest absolute Gasteiger partial charge is 0.328 e. The van der Waals surface area contributed by atoms with E-state index in [1.54, 1.807) is 28.0 Å². The third-order valence-corrected chi connectivity index (χ3v) is 8.35. The fourth-order valence-electron chi connectivity index (χ4n) is 3.54. The Labute approximate surface area is 163 Å². The van der Waals surface area contributed by atoms with E-state index in [2.05, 4.69) is 21.5 Å². The van der Waals surface area contributed by atoms with Crippen molar-refractivity contribution in [2.45, 2.75) is 30.5 Å². The SMILES string of the molecule is Cc1cnc(-c2cccnc2)n1CC1CCN(S(=O)(=O)c2cccs2)CC1. The molecule has 0 aliphatic carbocycles. The van der Waals surface area contributed by atoms with Crippen LogP contribution in [0.15, 0.2) is 52.4 Å². The maximum atomic E-state index is 12.7. The molecule has 0 spiro atoms. The first-order valence-electron chi connectivity index (χ1n) is 9.02. The first-order valence-corrected chi connectivity index (χ1v) is 11.3. The van der Waals surface area contributed by atoms with Gasteiger partial charge < -0.3 is 4.57 Å². The molecule has 0 saturated carbocycles. The Bertz CT molecular complexity index is 990. The van der Waals surface area contributed by atoms with Crippen LogP contribution in [0, 0.1) is 12.8 Å². The van der Waals surface area contributed by atoms with E-state index in [0.29, 0.717) is 23.2 Å². The number of nitrogens with zero attached hydrogens (tertiary/aromatic N) is 4. The van der Waals surface area contributed by atoms with Crippen molar-refractivity contribution in [2.75, 3.05) is 13.1 Å². The van der Waals surface area contributed by atoms with Crippen molar-refractivity contribution in [1.82, 2.24) is 18.8 Å². The zero-order valence-corrected chi connectivity index (χ0v) is 16.8. The number of thiophene rings is 1. The first-order chi connectivity index (χ1) is 13.1. The lowest BCUT2D eigenvalue weighted by molar-refractivity contribution is 0.253. The van der Waals surface area contributed by atoms with Gasteiger partial charge in [-0.2, -0.15) is 4.31 Å². The Morgan fingerprint density at radius 2 is 2.00 bits per heavy atom. The number of hydrogen-bond donors (Lipinski definition) is 0. The molecule has 4 heterocycles. The third-order valence-electron chi connectivity index (χ3n) is 5.08. The fourth-order valence-corrected chi connectivity index (χ4v) is 6.16. The lowest BCUT2D eigenvalue weighted by Gasteiger charge is -2.31. The van der Waals surface area contributed by atoms with Crippen molar-refractivity contribution >= 4 is 21.4 Å². The van der Waals surface area contributed by atoms with E-state index < -0.39 is 10.0 Å². The van der Waals surface area contributed by atoms with Crippen molar-refractivity contribution in [3.05, 3.63) is 53.9 Å². The van der Waals surface area contributed by atoms with Gasteiger partial charge in [0.1, 0.15) is 10.0 Å². The zero-order chi connectivity index (χ0) is 18.9. The minimum atomic E-state index is -3.34. The van der Waals surface area contributed by atoms with Gasteiger partial charge in [-0.15, -0.1) is 11.3 Å². The molecule has 8 heteroatoms. The van der Waals surface area contributed by atoms with Crippen LogP contribution in [0.3, 0.4) is 0 Å². The molecule has 0 N–H and O–H groups in total. The van der Waals surface area contributed by atoms with Gasteiger partial charge in [-0.3, -0.25) is 4.98 Å². The van der Waals surface area contributed by atoms with Crippen LogP contribution in [0.1, 0.15) is 18.5 Å². The van der Waals surface area contributed by atoms with Gasteiger partial charge in [-0.1, -0.05) is 6.07 Å². The van der Waals surface area contributed by atoms with Crippen molar-refractivity contribution < 1.29 is 8.42 Å². The van der Waals surface area contributed by atoms with Gasteiger partial charge in [0.25, 0.3) is 10.0 Å². The van der Waals surface area contributed by atoms with Gasteiger partial charge in [0, 0.05) is 49.5 Å². The van der Waals surface area contributed by atoms with Gasteiger partial charge in [0.15, 0.2) is 0 Å². The van der Waals surface area contributed by atoms with Crippen LogP contribution < -0.4 is 0 Å². The Hall–Kier alpha value is -2.03. The zero-order valence-electron chi connectivity index (χ0n) is 15.2. The van der Waals surface area contributed by atoms with E-state index >= 15 is 0 Å². The maximum absolute atomic E-state index is 12.7. The summed E-state index contributed by atoms with van der Waals surface area (Å²) in [5.41, 5.74) is 2.12. The Kier molecular flexibility index (Phi) is 5.12. The summed E-state index contributed by atoms with van der Waals surface area (Å²) in [6, 6.07) is 7.40. The highest BCUT2D eigenvalue weighted by Gasteiger charge is 2.30. The summed E-state index contributed by atoms with van der Waals surface area (Å²) in [6.07, 6.45) is 7.18.